The summed E-state index contributed by atoms with van der Waals surface area (Å²) in [6.45, 7) is 7.94. The van der Waals surface area contributed by atoms with Crippen LogP contribution in [0.2, 0.25) is 0 Å². The fraction of sp³-hybridized carbons (Fsp3) is 0.500. The van der Waals surface area contributed by atoms with Crippen LogP contribution in [0.4, 0.5) is 5.69 Å². The van der Waals surface area contributed by atoms with Crippen LogP contribution in [0, 0.1) is 0 Å². The maximum absolute atomic E-state index is 11.9. The highest BCUT2D eigenvalue weighted by atomic mass is 16.1. The van der Waals surface area contributed by atoms with Gasteiger partial charge in [0.2, 0.25) is 0 Å². The zero-order valence-corrected chi connectivity index (χ0v) is 11.8. The van der Waals surface area contributed by atoms with Gasteiger partial charge >= 0.3 is 0 Å². The molecule has 0 saturated carbocycles. The van der Waals surface area contributed by atoms with Gasteiger partial charge in [0.1, 0.15) is 0 Å². The molecule has 106 valence electrons. The van der Waals surface area contributed by atoms with E-state index < -0.39 is 0 Å². The number of nitrogens with two attached hydrogens (primary N) is 1. The summed E-state index contributed by atoms with van der Waals surface area (Å²) in [5.74, 6) is 5.23. The third-order valence-corrected chi connectivity index (χ3v) is 3.01. The number of hydrogen-bond acceptors (Lipinski definition) is 4. The standard InChI is InChI=1S/C14H24N4O/c1-3-10-18(4-2)11-9-16-14(19)12-5-7-13(17-15)8-6-12/h5-8,17H,3-4,9-11,15H2,1-2H3,(H,16,19). The van der Waals surface area contributed by atoms with E-state index in [1.807, 2.05) is 0 Å². The summed E-state index contributed by atoms with van der Waals surface area (Å²) in [6, 6.07) is 7.08. The van der Waals surface area contributed by atoms with Crippen LogP contribution in [0.15, 0.2) is 24.3 Å². The lowest BCUT2D eigenvalue weighted by Crippen LogP contribution is -2.35. The number of nitrogen functional groups attached to an aromatic ring is 1. The minimum atomic E-state index is -0.0453. The Labute approximate surface area is 115 Å². The summed E-state index contributed by atoms with van der Waals surface area (Å²) in [5.41, 5.74) is 3.97. The molecule has 1 aromatic carbocycles. The molecular formula is C14H24N4O. The van der Waals surface area contributed by atoms with Gasteiger partial charge in [-0.15, -0.1) is 0 Å². The fourth-order valence-corrected chi connectivity index (χ4v) is 1.89. The van der Waals surface area contributed by atoms with Crippen molar-refractivity contribution in [1.29, 1.82) is 0 Å². The number of anilines is 1. The van der Waals surface area contributed by atoms with Crippen molar-refractivity contribution in [2.45, 2.75) is 20.3 Å². The number of hydrazine groups is 1. The first-order chi connectivity index (χ1) is 9.21. The number of rotatable bonds is 8. The van der Waals surface area contributed by atoms with Crippen molar-refractivity contribution in [1.82, 2.24) is 10.2 Å². The Morgan fingerprint density at radius 1 is 1.21 bits per heavy atom. The van der Waals surface area contributed by atoms with Gasteiger partial charge in [-0.1, -0.05) is 13.8 Å². The first-order valence-electron chi connectivity index (χ1n) is 6.78. The van der Waals surface area contributed by atoms with Crippen LogP contribution in [0.5, 0.6) is 0 Å². The van der Waals surface area contributed by atoms with E-state index in [2.05, 4.69) is 29.5 Å². The summed E-state index contributed by atoms with van der Waals surface area (Å²) in [4.78, 5) is 14.2. The quantitative estimate of drug-likeness (QED) is 0.491. The van der Waals surface area contributed by atoms with Crippen molar-refractivity contribution >= 4 is 11.6 Å². The van der Waals surface area contributed by atoms with Crippen LogP contribution in [-0.4, -0.2) is 37.0 Å². The smallest absolute Gasteiger partial charge is 0.251 e. The van der Waals surface area contributed by atoms with Gasteiger partial charge in [0.05, 0.1) is 0 Å². The molecule has 5 nitrogen and oxygen atoms in total. The minimum Gasteiger partial charge on any atom is -0.351 e. The Hall–Kier alpha value is -1.59. The SMILES string of the molecule is CCCN(CC)CCNC(=O)c1ccc(NN)cc1. The van der Waals surface area contributed by atoms with Crippen molar-refractivity contribution in [2.75, 3.05) is 31.6 Å². The van der Waals surface area contributed by atoms with Gasteiger partial charge in [-0.2, -0.15) is 0 Å². The van der Waals surface area contributed by atoms with Gasteiger partial charge in [0.25, 0.3) is 5.91 Å². The van der Waals surface area contributed by atoms with E-state index in [1.54, 1.807) is 24.3 Å². The molecular weight excluding hydrogens is 240 g/mol. The number of nitrogens with one attached hydrogen (secondary N) is 2. The van der Waals surface area contributed by atoms with Crippen LogP contribution >= 0.6 is 0 Å². The minimum absolute atomic E-state index is 0.0453. The van der Waals surface area contributed by atoms with Gasteiger partial charge in [0, 0.05) is 24.3 Å². The highest BCUT2D eigenvalue weighted by Gasteiger charge is 2.06. The first-order valence-corrected chi connectivity index (χ1v) is 6.78. The van der Waals surface area contributed by atoms with Crippen molar-refractivity contribution in [3.63, 3.8) is 0 Å². The number of carbonyl (C=O) groups excluding carboxylic acids is 1. The maximum Gasteiger partial charge on any atom is 0.251 e. The topological polar surface area (TPSA) is 70.4 Å². The Bertz CT molecular complexity index is 378. The number of benzene rings is 1. The van der Waals surface area contributed by atoms with Crippen LogP contribution in [0.3, 0.4) is 0 Å². The predicted molar refractivity (Wildman–Crippen MR) is 79.0 cm³/mol. The average molecular weight is 264 g/mol. The van der Waals surface area contributed by atoms with Gasteiger partial charge in [0.15, 0.2) is 0 Å². The molecule has 0 aliphatic rings. The third-order valence-electron chi connectivity index (χ3n) is 3.01. The average Bonchev–Trinajstić information content (AvgIpc) is 2.46. The highest BCUT2D eigenvalue weighted by molar-refractivity contribution is 5.94. The maximum atomic E-state index is 11.9. The summed E-state index contributed by atoms with van der Waals surface area (Å²) < 4.78 is 0. The molecule has 19 heavy (non-hydrogen) atoms. The molecule has 0 aromatic heterocycles. The molecule has 0 unspecified atom stereocenters. The number of amides is 1. The molecule has 1 rings (SSSR count). The second-order valence-electron chi connectivity index (χ2n) is 4.41. The second kappa shape index (κ2) is 8.50. The van der Waals surface area contributed by atoms with E-state index in [0.29, 0.717) is 12.1 Å². The van der Waals surface area contributed by atoms with Gasteiger partial charge in [-0.25, -0.2) is 0 Å². The van der Waals surface area contributed by atoms with Crippen LogP contribution < -0.4 is 16.6 Å². The predicted octanol–water partition coefficient (Wildman–Crippen LogP) is 1.43. The number of hydrogen-bond donors (Lipinski definition) is 3. The van der Waals surface area contributed by atoms with Crippen LogP contribution in [0.25, 0.3) is 0 Å². The van der Waals surface area contributed by atoms with Crippen LogP contribution in [-0.2, 0) is 0 Å². The molecule has 0 radical (unpaired) electrons. The molecule has 0 fully saturated rings. The van der Waals surface area contributed by atoms with Gasteiger partial charge in [-0.3, -0.25) is 10.6 Å². The van der Waals surface area contributed by atoms with E-state index in [4.69, 9.17) is 5.84 Å². The second-order valence-corrected chi connectivity index (χ2v) is 4.41. The zero-order valence-electron chi connectivity index (χ0n) is 11.8. The van der Waals surface area contributed by atoms with Gasteiger partial charge < -0.3 is 15.6 Å². The summed E-state index contributed by atoms with van der Waals surface area (Å²) in [7, 11) is 0. The Kier molecular flexibility index (Phi) is 6.92. The Balaban J connectivity index is 2.37. The molecule has 0 aliphatic carbocycles. The zero-order chi connectivity index (χ0) is 14.1. The molecule has 0 atom stereocenters. The molecule has 0 aliphatic heterocycles. The monoisotopic (exact) mass is 264 g/mol. The first kappa shape index (κ1) is 15.5. The lowest BCUT2D eigenvalue weighted by Gasteiger charge is -2.19. The summed E-state index contributed by atoms with van der Waals surface area (Å²) >= 11 is 0. The van der Waals surface area contributed by atoms with E-state index in [0.717, 1.165) is 31.7 Å². The lowest BCUT2D eigenvalue weighted by molar-refractivity contribution is 0.0948. The summed E-state index contributed by atoms with van der Waals surface area (Å²) in [6.07, 6.45) is 1.13. The third kappa shape index (κ3) is 5.28. The molecule has 0 spiro atoms. The van der Waals surface area contributed by atoms with E-state index in [9.17, 15) is 4.79 Å². The molecule has 0 saturated heterocycles. The molecule has 0 bridgehead atoms. The fourth-order valence-electron chi connectivity index (χ4n) is 1.89. The van der Waals surface area contributed by atoms with E-state index in [-0.39, 0.29) is 5.91 Å². The number of nitrogens with zero attached hydrogens (tertiary/aromatic N) is 1. The van der Waals surface area contributed by atoms with Crippen molar-refractivity contribution in [2.24, 2.45) is 5.84 Å². The highest BCUT2D eigenvalue weighted by Crippen LogP contribution is 2.07. The van der Waals surface area contributed by atoms with E-state index >= 15 is 0 Å². The largest absolute Gasteiger partial charge is 0.351 e. The molecule has 1 aromatic rings. The van der Waals surface area contributed by atoms with E-state index in [1.165, 1.54) is 0 Å². The number of likely N-dealkylation sites (N-methyl/N-ethyl adjacent to an activating group) is 1. The van der Waals surface area contributed by atoms with Crippen molar-refractivity contribution in [3.05, 3.63) is 29.8 Å². The molecule has 0 heterocycles. The van der Waals surface area contributed by atoms with Gasteiger partial charge in [-0.05, 0) is 43.8 Å². The lowest BCUT2D eigenvalue weighted by atomic mass is 10.2. The van der Waals surface area contributed by atoms with Crippen molar-refractivity contribution < 1.29 is 4.79 Å². The summed E-state index contributed by atoms with van der Waals surface area (Å²) in [5, 5.41) is 2.93. The molecule has 5 heteroatoms. The normalized spacial score (nSPS) is 10.5. The Morgan fingerprint density at radius 3 is 2.42 bits per heavy atom. The molecule has 4 N–H and O–H groups in total. The number of carbonyl (C=O) groups is 1. The molecule has 1 amide bonds. The van der Waals surface area contributed by atoms with Crippen LogP contribution in [0.1, 0.15) is 30.6 Å². The Morgan fingerprint density at radius 2 is 1.89 bits per heavy atom. The van der Waals surface area contributed by atoms with Crippen molar-refractivity contribution in [3.8, 4) is 0 Å².